The Balaban J connectivity index is 2.12. The molecule has 0 amide bonds. The first-order valence-corrected chi connectivity index (χ1v) is 7.75. The van der Waals surface area contributed by atoms with Crippen molar-refractivity contribution in [3.63, 3.8) is 0 Å². The quantitative estimate of drug-likeness (QED) is 0.912. The Hall–Kier alpha value is -0.640. The minimum Gasteiger partial charge on any atom is -0.311 e. The van der Waals surface area contributed by atoms with Crippen molar-refractivity contribution in [2.45, 2.75) is 45.8 Å². The summed E-state index contributed by atoms with van der Waals surface area (Å²) >= 11 is 5.88. The molecule has 1 fully saturated rings. The molecule has 1 aliphatic heterocycles. The van der Waals surface area contributed by atoms with E-state index >= 15 is 0 Å². The van der Waals surface area contributed by atoms with Crippen LogP contribution >= 0.6 is 11.6 Å². The maximum absolute atomic E-state index is 14.1. The third-order valence-electron chi connectivity index (χ3n) is 3.88. The molecule has 2 nitrogen and oxygen atoms in total. The molecule has 0 bridgehead atoms. The highest BCUT2D eigenvalue weighted by Crippen LogP contribution is 2.23. The van der Waals surface area contributed by atoms with Gasteiger partial charge < -0.3 is 5.32 Å². The van der Waals surface area contributed by atoms with Gasteiger partial charge in [-0.25, -0.2) is 4.39 Å². The van der Waals surface area contributed by atoms with E-state index < -0.39 is 0 Å². The average molecular weight is 299 g/mol. The minimum absolute atomic E-state index is 0.214. The SMILES string of the molecule is CC(C)CC1CNC(C)CN1Cc1cccc(Cl)c1F. The predicted molar refractivity (Wildman–Crippen MR) is 82.5 cm³/mol. The van der Waals surface area contributed by atoms with Crippen LogP contribution in [0.15, 0.2) is 18.2 Å². The highest BCUT2D eigenvalue weighted by molar-refractivity contribution is 6.30. The van der Waals surface area contributed by atoms with E-state index in [-0.39, 0.29) is 10.8 Å². The lowest BCUT2D eigenvalue weighted by Gasteiger charge is -2.40. The van der Waals surface area contributed by atoms with Gasteiger partial charge in [-0.15, -0.1) is 0 Å². The summed E-state index contributed by atoms with van der Waals surface area (Å²) in [5, 5.41) is 3.73. The van der Waals surface area contributed by atoms with Crippen molar-refractivity contribution in [1.29, 1.82) is 0 Å². The topological polar surface area (TPSA) is 15.3 Å². The molecule has 2 rings (SSSR count). The van der Waals surface area contributed by atoms with Crippen LogP contribution in [-0.4, -0.2) is 30.1 Å². The predicted octanol–water partition coefficient (Wildman–Crippen LogP) is 3.69. The second-order valence-corrected chi connectivity index (χ2v) is 6.64. The summed E-state index contributed by atoms with van der Waals surface area (Å²) in [6.07, 6.45) is 1.13. The number of nitrogens with zero attached hydrogens (tertiary/aromatic N) is 1. The van der Waals surface area contributed by atoms with Crippen molar-refractivity contribution < 1.29 is 4.39 Å². The zero-order chi connectivity index (χ0) is 14.7. The molecule has 4 heteroatoms. The molecule has 0 saturated carbocycles. The third kappa shape index (κ3) is 3.94. The van der Waals surface area contributed by atoms with Gasteiger partial charge in [-0.1, -0.05) is 37.6 Å². The summed E-state index contributed by atoms with van der Waals surface area (Å²) in [5.74, 6) is 0.366. The molecule has 0 radical (unpaired) electrons. The van der Waals surface area contributed by atoms with E-state index in [0.717, 1.165) is 19.5 Å². The molecule has 1 N–H and O–H groups in total. The first-order valence-electron chi connectivity index (χ1n) is 7.37. The molecular formula is C16H24ClFN2. The van der Waals surface area contributed by atoms with Crippen LogP contribution in [0.4, 0.5) is 4.39 Å². The van der Waals surface area contributed by atoms with Gasteiger partial charge in [0.05, 0.1) is 5.02 Å². The van der Waals surface area contributed by atoms with Crippen molar-refractivity contribution in [3.8, 4) is 0 Å². The normalized spacial score (nSPS) is 24.3. The lowest BCUT2D eigenvalue weighted by atomic mass is 9.98. The third-order valence-corrected chi connectivity index (χ3v) is 4.17. The van der Waals surface area contributed by atoms with Crippen molar-refractivity contribution in [1.82, 2.24) is 10.2 Å². The smallest absolute Gasteiger partial charge is 0.146 e. The van der Waals surface area contributed by atoms with Gasteiger partial charge in [0.1, 0.15) is 5.82 Å². The van der Waals surface area contributed by atoms with E-state index in [9.17, 15) is 4.39 Å². The minimum atomic E-state index is -0.274. The highest BCUT2D eigenvalue weighted by atomic mass is 35.5. The molecule has 1 aliphatic rings. The second kappa shape index (κ2) is 6.88. The van der Waals surface area contributed by atoms with Crippen LogP contribution in [0, 0.1) is 11.7 Å². The molecule has 2 unspecified atom stereocenters. The van der Waals surface area contributed by atoms with Gasteiger partial charge in [0.2, 0.25) is 0 Å². The van der Waals surface area contributed by atoms with Crippen LogP contribution in [0.5, 0.6) is 0 Å². The largest absolute Gasteiger partial charge is 0.311 e. The Labute approximate surface area is 126 Å². The Morgan fingerprint density at radius 2 is 2.20 bits per heavy atom. The van der Waals surface area contributed by atoms with Crippen molar-refractivity contribution in [3.05, 3.63) is 34.6 Å². The molecule has 1 aromatic rings. The molecule has 20 heavy (non-hydrogen) atoms. The lowest BCUT2D eigenvalue weighted by Crippen LogP contribution is -2.55. The number of rotatable bonds is 4. The number of nitrogens with one attached hydrogen (secondary N) is 1. The van der Waals surface area contributed by atoms with Gasteiger partial charge >= 0.3 is 0 Å². The molecular weight excluding hydrogens is 275 g/mol. The molecule has 1 saturated heterocycles. The van der Waals surface area contributed by atoms with Crippen LogP contribution in [0.1, 0.15) is 32.8 Å². The molecule has 0 aromatic heterocycles. The van der Waals surface area contributed by atoms with E-state index in [1.807, 2.05) is 12.1 Å². The van der Waals surface area contributed by atoms with Gasteiger partial charge in [0.15, 0.2) is 0 Å². The van der Waals surface area contributed by atoms with Gasteiger partial charge in [0, 0.05) is 37.3 Å². The monoisotopic (exact) mass is 298 g/mol. The van der Waals surface area contributed by atoms with Gasteiger partial charge in [-0.3, -0.25) is 4.90 Å². The molecule has 0 aliphatic carbocycles. The number of benzene rings is 1. The van der Waals surface area contributed by atoms with Crippen LogP contribution in [-0.2, 0) is 6.54 Å². The highest BCUT2D eigenvalue weighted by Gasteiger charge is 2.27. The van der Waals surface area contributed by atoms with Gasteiger partial charge in [-0.05, 0) is 25.3 Å². The number of hydrogen-bond acceptors (Lipinski definition) is 2. The first-order chi connectivity index (χ1) is 9.47. The van der Waals surface area contributed by atoms with E-state index in [4.69, 9.17) is 11.6 Å². The Bertz CT molecular complexity index is 450. The fraction of sp³-hybridized carbons (Fsp3) is 0.625. The second-order valence-electron chi connectivity index (χ2n) is 6.24. The summed E-state index contributed by atoms with van der Waals surface area (Å²) in [4.78, 5) is 2.38. The standard InChI is InChI=1S/C16H24ClFN2/c1-11(2)7-14-8-19-12(3)9-20(14)10-13-5-4-6-15(17)16(13)18/h4-6,11-12,14,19H,7-10H2,1-3H3. The van der Waals surface area contributed by atoms with Crippen molar-refractivity contribution in [2.75, 3.05) is 13.1 Å². The summed E-state index contributed by atoms with van der Waals surface area (Å²) < 4.78 is 14.1. The van der Waals surface area contributed by atoms with E-state index in [1.165, 1.54) is 0 Å². The Kier molecular flexibility index (Phi) is 5.42. The molecule has 112 valence electrons. The van der Waals surface area contributed by atoms with E-state index in [0.29, 0.717) is 30.1 Å². The maximum Gasteiger partial charge on any atom is 0.146 e. The molecule has 1 heterocycles. The van der Waals surface area contributed by atoms with Crippen LogP contribution < -0.4 is 5.32 Å². The molecule has 2 atom stereocenters. The first kappa shape index (κ1) is 15.7. The van der Waals surface area contributed by atoms with Gasteiger partial charge in [0.25, 0.3) is 0 Å². The fourth-order valence-corrected chi connectivity index (χ4v) is 3.09. The number of halogens is 2. The Morgan fingerprint density at radius 3 is 2.90 bits per heavy atom. The van der Waals surface area contributed by atoms with E-state index in [2.05, 4.69) is 31.0 Å². The van der Waals surface area contributed by atoms with Crippen LogP contribution in [0.2, 0.25) is 5.02 Å². The number of piperazine rings is 1. The molecule has 0 spiro atoms. The lowest BCUT2D eigenvalue weighted by molar-refractivity contribution is 0.110. The molecule has 1 aromatic carbocycles. The van der Waals surface area contributed by atoms with E-state index in [1.54, 1.807) is 6.07 Å². The summed E-state index contributed by atoms with van der Waals surface area (Å²) in [6, 6.07) is 6.17. The summed E-state index contributed by atoms with van der Waals surface area (Å²) in [6.45, 7) is 9.19. The summed E-state index contributed by atoms with van der Waals surface area (Å²) in [5.41, 5.74) is 0.695. The Morgan fingerprint density at radius 1 is 1.45 bits per heavy atom. The van der Waals surface area contributed by atoms with Crippen molar-refractivity contribution in [2.24, 2.45) is 5.92 Å². The van der Waals surface area contributed by atoms with Crippen LogP contribution in [0.3, 0.4) is 0 Å². The number of hydrogen-bond donors (Lipinski definition) is 1. The zero-order valence-electron chi connectivity index (χ0n) is 12.5. The van der Waals surface area contributed by atoms with Gasteiger partial charge in [-0.2, -0.15) is 0 Å². The average Bonchev–Trinajstić information content (AvgIpc) is 2.38. The fourth-order valence-electron chi connectivity index (χ4n) is 2.89. The van der Waals surface area contributed by atoms with Crippen LogP contribution in [0.25, 0.3) is 0 Å². The zero-order valence-corrected chi connectivity index (χ0v) is 13.3. The maximum atomic E-state index is 14.1. The summed E-state index contributed by atoms with van der Waals surface area (Å²) in [7, 11) is 0. The van der Waals surface area contributed by atoms with Crippen molar-refractivity contribution >= 4 is 11.6 Å².